The smallest absolute Gasteiger partial charge is 0.278 e. The quantitative estimate of drug-likeness (QED) is 0.479. The van der Waals surface area contributed by atoms with Crippen molar-refractivity contribution >= 4 is 28.2 Å². The lowest BCUT2D eigenvalue weighted by atomic mass is 9.88. The molecule has 0 fully saturated rings. The molecule has 29 heavy (non-hydrogen) atoms. The van der Waals surface area contributed by atoms with E-state index in [0.717, 1.165) is 0 Å². The standard InChI is InChI=1S/C23H15ClN2O3/c24-15-7-5-6-14(12-15)21(27)19-13-25-22(28)17-9-1-2-10-18(17)23(29)26(25)20-11-4-3-8-16(19)20/h1-12,19H,13H2. The second-order valence-corrected chi connectivity index (χ2v) is 7.47. The van der Waals surface area contributed by atoms with Crippen LogP contribution in [-0.4, -0.2) is 15.1 Å². The molecule has 0 spiro atoms. The van der Waals surface area contributed by atoms with Crippen LogP contribution < -0.4 is 11.1 Å². The number of fused-ring (bicyclic) bond motifs is 4. The van der Waals surface area contributed by atoms with Crippen molar-refractivity contribution in [2.24, 2.45) is 0 Å². The molecule has 142 valence electrons. The van der Waals surface area contributed by atoms with Gasteiger partial charge in [-0.15, -0.1) is 0 Å². The van der Waals surface area contributed by atoms with Gasteiger partial charge in [0.1, 0.15) is 0 Å². The lowest BCUT2D eigenvalue weighted by Crippen LogP contribution is -2.43. The molecule has 1 aliphatic rings. The van der Waals surface area contributed by atoms with E-state index in [2.05, 4.69) is 0 Å². The third kappa shape index (κ3) is 2.66. The number of nitrogens with zero attached hydrogens (tertiary/aromatic N) is 2. The second-order valence-electron chi connectivity index (χ2n) is 7.04. The monoisotopic (exact) mass is 402 g/mol. The molecule has 5 nitrogen and oxygen atoms in total. The van der Waals surface area contributed by atoms with Crippen molar-refractivity contribution in [1.29, 1.82) is 0 Å². The molecule has 0 radical (unpaired) electrons. The number of carbonyl (C=O) groups is 1. The molecule has 1 atom stereocenters. The zero-order valence-electron chi connectivity index (χ0n) is 15.2. The van der Waals surface area contributed by atoms with E-state index in [-0.39, 0.29) is 23.4 Å². The fraction of sp³-hybridized carbons (Fsp3) is 0.0870. The summed E-state index contributed by atoms with van der Waals surface area (Å²) in [6.07, 6.45) is 0. The summed E-state index contributed by atoms with van der Waals surface area (Å²) in [4.78, 5) is 39.7. The fourth-order valence-electron chi connectivity index (χ4n) is 4.03. The van der Waals surface area contributed by atoms with Gasteiger partial charge in [-0.3, -0.25) is 14.4 Å². The van der Waals surface area contributed by atoms with Gasteiger partial charge >= 0.3 is 0 Å². The molecule has 0 bridgehead atoms. The van der Waals surface area contributed by atoms with Gasteiger partial charge in [-0.2, -0.15) is 0 Å². The van der Waals surface area contributed by atoms with Crippen LogP contribution in [0.4, 0.5) is 0 Å². The molecule has 2 heterocycles. The van der Waals surface area contributed by atoms with E-state index in [9.17, 15) is 14.4 Å². The summed E-state index contributed by atoms with van der Waals surface area (Å²) < 4.78 is 2.77. The molecule has 0 N–H and O–H groups in total. The summed E-state index contributed by atoms with van der Waals surface area (Å²) in [6, 6.07) is 20.7. The number of Topliss-reactive ketones (excluding diaryl/α,β-unsaturated/α-hetero) is 1. The van der Waals surface area contributed by atoms with E-state index < -0.39 is 5.92 Å². The number of aromatic nitrogens is 2. The van der Waals surface area contributed by atoms with Gasteiger partial charge < -0.3 is 0 Å². The summed E-state index contributed by atoms with van der Waals surface area (Å²) in [7, 11) is 0. The maximum Gasteiger partial charge on any atom is 0.278 e. The van der Waals surface area contributed by atoms with Crippen LogP contribution in [0.1, 0.15) is 21.8 Å². The molecular formula is C23H15ClN2O3. The van der Waals surface area contributed by atoms with Crippen molar-refractivity contribution in [1.82, 2.24) is 9.36 Å². The molecule has 1 unspecified atom stereocenters. The van der Waals surface area contributed by atoms with E-state index in [1.165, 1.54) is 9.36 Å². The SMILES string of the molecule is O=C(c1cccc(Cl)c1)C1Cn2c(=O)c3ccccc3c(=O)n2-c2ccccc21. The number of hydrogen-bond donors (Lipinski definition) is 0. The van der Waals surface area contributed by atoms with Crippen molar-refractivity contribution in [2.75, 3.05) is 0 Å². The maximum atomic E-state index is 13.3. The Balaban J connectivity index is 1.78. The summed E-state index contributed by atoms with van der Waals surface area (Å²) >= 11 is 6.07. The van der Waals surface area contributed by atoms with Gasteiger partial charge in [0, 0.05) is 10.6 Å². The number of para-hydroxylation sites is 1. The Morgan fingerprint density at radius 3 is 2.31 bits per heavy atom. The average molecular weight is 403 g/mol. The third-order valence-corrected chi connectivity index (χ3v) is 5.61. The molecule has 0 amide bonds. The maximum absolute atomic E-state index is 13.3. The number of ketones is 1. The highest BCUT2D eigenvalue weighted by Crippen LogP contribution is 2.31. The van der Waals surface area contributed by atoms with Gasteiger partial charge in [-0.1, -0.05) is 54.1 Å². The van der Waals surface area contributed by atoms with Gasteiger partial charge in [0.2, 0.25) is 0 Å². The third-order valence-electron chi connectivity index (χ3n) is 5.38. The zero-order valence-corrected chi connectivity index (χ0v) is 16.0. The van der Waals surface area contributed by atoms with Crippen LogP contribution in [0.25, 0.3) is 16.5 Å². The molecule has 5 rings (SSSR count). The summed E-state index contributed by atoms with van der Waals surface area (Å²) in [5.41, 5.74) is 1.17. The van der Waals surface area contributed by atoms with Crippen molar-refractivity contribution in [3.05, 3.63) is 110 Å². The molecule has 0 saturated carbocycles. The fourth-order valence-corrected chi connectivity index (χ4v) is 4.22. The lowest BCUT2D eigenvalue weighted by Gasteiger charge is -2.29. The highest BCUT2D eigenvalue weighted by atomic mass is 35.5. The normalized spacial score (nSPS) is 15.0. The molecule has 4 aromatic rings. The van der Waals surface area contributed by atoms with Gasteiger partial charge in [0.15, 0.2) is 5.78 Å². The highest BCUT2D eigenvalue weighted by molar-refractivity contribution is 6.31. The van der Waals surface area contributed by atoms with E-state index >= 15 is 0 Å². The minimum Gasteiger partial charge on any atom is -0.293 e. The Bertz CT molecular complexity index is 1420. The van der Waals surface area contributed by atoms with Crippen LogP contribution >= 0.6 is 11.6 Å². The summed E-state index contributed by atoms with van der Waals surface area (Å²) in [5.74, 6) is -0.735. The van der Waals surface area contributed by atoms with E-state index in [1.807, 2.05) is 12.1 Å². The van der Waals surface area contributed by atoms with Gasteiger partial charge in [0.25, 0.3) is 11.1 Å². The lowest BCUT2D eigenvalue weighted by molar-refractivity contribution is 0.0942. The second kappa shape index (κ2) is 6.57. The van der Waals surface area contributed by atoms with Gasteiger partial charge in [-0.05, 0) is 35.9 Å². The van der Waals surface area contributed by atoms with E-state index in [0.29, 0.717) is 32.6 Å². The first-order chi connectivity index (χ1) is 14.1. The molecule has 0 aliphatic carbocycles. The molecule has 3 aromatic carbocycles. The Hall–Kier alpha value is -3.44. The minimum atomic E-state index is -0.595. The summed E-state index contributed by atoms with van der Waals surface area (Å²) in [5, 5.41) is 1.19. The van der Waals surface area contributed by atoms with Crippen LogP contribution in [0.15, 0.2) is 82.4 Å². The van der Waals surface area contributed by atoms with Crippen LogP contribution in [0, 0.1) is 0 Å². The molecule has 6 heteroatoms. The van der Waals surface area contributed by atoms with Gasteiger partial charge in [-0.25, -0.2) is 9.36 Å². The van der Waals surface area contributed by atoms with Gasteiger partial charge in [0.05, 0.1) is 28.9 Å². The first-order valence-corrected chi connectivity index (χ1v) is 9.58. The van der Waals surface area contributed by atoms with E-state index in [4.69, 9.17) is 11.6 Å². The molecule has 1 aromatic heterocycles. The molecule has 0 saturated heterocycles. The van der Waals surface area contributed by atoms with Crippen LogP contribution in [0.2, 0.25) is 5.02 Å². The van der Waals surface area contributed by atoms with Crippen molar-refractivity contribution in [3.8, 4) is 5.69 Å². The Morgan fingerprint density at radius 1 is 0.862 bits per heavy atom. The Kier molecular flexibility index (Phi) is 4.00. The zero-order chi connectivity index (χ0) is 20.1. The van der Waals surface area contributed by atoms with Crippen LogP contribution in [0.3, 0.4) is 0 Å². The number of rotatable bonds is 2. The summed E-state index contributed by atoms with van der Waals surface area (Å²) in [6.45, 7) is 0.0846. The topological polar surface area (TPSA) is 61.1 Å². The molecule has 1 aliphatic heterocycles. The Morgan fingerprint density at radius 2 is 1.55 bits per heavy atom. The van der Waals surface area contributed by atoms with Crippen molar-refractivity contribution in [2.45, 2.75) is 12.5 Å². The minimum absolute atomic E-state index is 0.0846. The first kappa shape index (κ1) is 17.6. The first-order valence-electron chi connectivity index (χ1n) is 9.20. The van der Waals surface area contributed by atoms with Crippen molar-refractivity contribution in [3.63, 3.8) is 0 Å². The number of carbonyl (C=O) groups excluding carboxylic acids is 1. The Labute approximate surface area is 170 Å². The van der Waals surface area contributed by atoms with E-state index in [1.54, 1.807) is 60.7 Å². The number of hydrogen-bond acceptors (Lipinski definition) is 3. The molecular weight excluding hydrogens is 388 g/mol. The number of benzene rings is 3. The largest absolute Gasteiger partial charge is 0.293 e. The predicted octanol–water partition coefficient (Wildman–Crippen LogP) is 3.79. The predicted molar refractivity (Wildman–Crippen MR) is 112 cm³/mol. The van der Waals surface area contributed by atoms with Crippen LogP contribution in [-0.2, 0) is 6.54 Å². The highest BCUT2D eigenvalue weighted by Gasteiger charge is 2.32. The van der Waals surface area contributed by atoms with Crippen molar-refractivity contribution < 1.29 is 4.79 Å². The average Bonchev–Trinajstić information content (AvgIpc) is 2.76. The van der Waals surface area contributed by atoms with Crippen LogP contribution in [0.5, 0.6) is 0 Å². The number of halogens is 1.